The second-order valence-corrected chi connectivity index (χ2v) is 11.2. The zero-order valence-corrected chi connectivity index (χ0v) is 20.7. The van der Waals surface area contributed by atoms with Crippen LogP contribution in [0.25, 0.3) is 0 Å². The maximum absolute atomic E-state index is 12.9. The van der Waals surface area contributed by atoms with E-state index >= 15 is 0 Å². The van der Waals surface area contributed by atoms with E-state index in [9.17, 15) is 18.0 Å². The molecule has 33 heavy (non-hydrogen) atoms. The lowest BCUT2D eigenvalue weighted by Crippen LogP contribution is -2.41. The molecule has 0 saturated heterocycles. The van der Waals surface area contributed by atoms with Gasteiger partial charge in [-0.15, -0.1) is 0 Å². The number of nitrogens with one attached hydrogen (secondary N) is 4. The lowest BCUT2D eigenvalue weighted by Gasteiger charge is -2.20. The average Bonchev–Trinajstić information content (AvgIpc) is 2.72. The van der Waals surface area contributed by atoms with Gasteiger partial charge in [-0.1, -0.05) is 13.8 Å². The number of anilines is 2. The van der Waals surface area contributed by atoms with Gasteiger partial charge in [-0.2, -0.15) is 0 Å². The molecule has 0 aromatic heterocycles. The van der Waals surface area contributed by atoms with Crippen molar-refractivity contribution in [3.63, 3.8) is 0 Å². The molecule has 0 heterocycles. The van der Waals surface area contributed by atoms with Crippen LogP contribution < -0.4 is 21.3 Å². The summed E-state index contributed by atoms with van der Waals surface area (Å²) in [4.78, 5) is 24.2. The van der Waals surface area contributed by atoms with Crippen LogP contribution in [0.3, 0.4) is 0 Å². The van der Waals surface area contributed by atoms with E-state index in [2.05, 4.69) is 35.1 Å². The number of carbonyl (C=O) groups is 2. The standard InChI is InChI=1S/C24H34N4O4S/c1-17(2)14-25-15-22(29)27-18-6-10-20(11-7-18)33(31,32)21-12-8-19(9-13-21)28-23(30)16-26-24(3,4)5/h6-13,17,25-26H,14-16H2,1-5H3,(H,27,29)(H,28,30). The fourth-order valence-electron chi connectivity index (χ4n) is 2.80. The van der Waals surface area contributed by atoms with Gasteiger partial charge in [0.15, 0.2) is 0 Å². The third-order valence-corrected chi connectivity index (χ3v) is 6.30. The van der Waals surface area contributed by atoms with Crippen LogP contribution in [0.15, 0.2) is 58.3 Å². The van der Waals surface area contributed by atoms with Crippen molar-refractivity contribution in [2.24, 2.45) is 5.92 Å². The SMILES string of the molecule is CC(C)CNCC(=O)Nc1ccc(S(=O)(=O)c2ccc(NC(=O)CNC(C)(C)C)cc2)cc1. The van der Waals surface area contributed by atoms with E-state index in [-0.39, 0.29) is 40.2 Å². The van der Waals surface area contributed by atoms with Gasteiger partial charge in [0.25, 0.3) is 0 Å². The quantitative estimate of drug-likeness (QED) is 0.421. The monoisotopic (exact) mass is 474 g/mol. The minimum absolute atomic E-state index is 0.114. The molecule has 0 aliphatic rings. The molecule has 0 radical (unpaired) electrons. The van der Waals surface area contributed by atoms with E-state index < -0.39 is 9.84 Å². The number of carbonyl (C=O) groups excluding carboxylic acids is 2. The molecular weight excluding hydrogens is 440 g/mol. The highest BCUT2D eigenvalue weighted by Crippen LogP contribution is 2.23. The number of sulfone groups is 1. The molecule has 9 heteroatoms. The number of benzene rings is 2. The van der Waals surface area contributed by atoms with Gasteiger partial charge in [0, 0.05) is 16.9 Å². The van der Waals surface area contributed by atoms with Crippen molar-refractivity contribution in [1.29, 1.82) is 0 Å². The molecule has 8 nitrogen and oxygen atoms in total. The second kappa shape index (κ2) is 11.4. The van der Waals surface area contributed by atoms with Gasteiger partial charge in [-0.05, 0) is 81.8 Å². The van der Waals surface area contributed by atoms with Crippen LogP contribution >= 0.6 is 0 Å². The van der Waals surface area contributed by atoms with Crippen molar-refractivity contribution >= 4 is 33.0 Å². The molecule has 0 unspecified atom stereocenters. The lowest BCUT2D eigenvalue weighted by atomic mass is 10.1. The zero-order valence-electron chi connectivity index (χ0n) is 19.9. The van der Waals surface area contributed by atoms with Crippen LogP contribution in [0, 0.1) is 5.92 Å². The molecule has 0 atom stereocenters. The summed E-state index contributed by atoms with van der Waals surface area (Å²) in [6, 6.07) is 12.1. The first kappa shape index (κ1) is 26.5. The number of hydrogen-bond acceptors (Lipinski definition) is 6. The van der Waals surface area contributed by atoms with Crippen molar-refractivity contribution in [2.45, 2.75) is 49.9 Å². The summed E-state index contributed by atoms with van der Waals surface area (Å²) in [7, 11) is -3.73. The molecule has 180 valence electrons. The van der Waals surface area contributed by atoms with Crippen LogP contribution in [0.4, 0.5) is 11.4 Å². The summed E-state index contributed by atoms with van der Waals surface area (Å²) >= 11 is 0. The Balaban J connectivity index is 1.98. The molecule has 0 aliphatic heterocycles. The van der Waals surface area contributed by atoms with Gasteiger partial charge in [-0.25, -0.2) is 8.42 Å². The van der Waals surface area contributed by atoms with E-state index in [4.69, 9.17) is 0 Å². The van der Waals surface area contributed by atoms with Gasteiger partial charge in [0.1, 0.15) is 0 Å². The van der Waals surface area contributed by atoms with E-state index in [1.165, 1.54) is 24.3 Å². The zero-order chi connectivity index (χ0) is 24.6. The summed E-state index contributed by atoms with van der Waals surface area (Å²) in [5.74, 6) is 0.0391. The summed E-state index contributed by atoms with van der Waals surface area (Å²) in [5, 5.41) is 11.6. The number of amides is 2. The molecule has 0 spiro atoms. The maximum atomic E-state index is 12.9. The van der Waals surface area contributed by atoms with Crippen LogP contribution in [0.1, 0.15) is 34.6 Å². The smallest absolute Gasteiger partial charge is 0.238 e. The molecule has 0 fully saturated rings. The van der Waals surface area contributed by atoms with Gasteiger partial charge < -0.3 is 21.3 Å². The van der Waals surface area contributed by atoms with Crippen LogP contribution in [0.2, 0.25) is 0 Å². The first-order chi connectivity index (χ1) is 15.4. The van der Waals surface area contributed by atoms with Crippen molar-refractivity contribution in [3.05, 3.63) is 48.5 Å². The third-order valence-electron chi connectivity index (χ3n) is 4.51. The summed E-state index contributed by atoms with van der Waals surface area (Å²) < 4.78 is 25.8. The largest absolute Gasteiger partial charge is 0.325 e. The van der Waals surface area contributed by atoms with Crippen molar-refractivity contribution in [2.75, 3.05) is 30.3 Å². The molecule has 2 rings (SSSR count). The Bertz CT molecular complexity index is 1040. The Morgan fingerprint density at radius 2 is 1.21 bits per heavy atom. The first-order valence-electron chi connectivity index (χ1n) is 10.9. The maximum Gasteiger partial charge on any atom is 0.238 e. The van der Waals surface area contributed by atoms with Crippen LogP contribution in [-0.2, 0) is 19.4 Å². The predicted molar refractivity (Wildman–Crippen MR) is 131 cm³/mol. The Morgan fingerprint density at radius 3 is 1.61 bits per heavy atom. The predicted octanol–water partition coefficient (Wildman–Crippen LogP) is 3.03. The molecular formula is C24H34N4O4S. The third kappa shape index (κ3) is 8.95. The molecule has 0 saturated carbocycles. The fraction of sp³-hybridized carbons (Fsp3) is 0.417. The summed E-state index contributed by atoms with van der Waals surface area (Å²) in [6.45, 7) is 11.1. The number of hydrogen-bond donors (Lipinski definition) is 4. The molecule has 0 aliphatic carbocycles. The van der Waals surface area contributed by atoms with Gasteiger partial charge in [0.2, 0.25) is 21.7 Å². The molecule has 2 amide bonds. The van der Waals surface area contributed by atoms with E-state index in [1.54, 1.807) is 24.3 Å². The molecule has 0 bridgehead atoms. The highest BCUT2D eigenvalue weighted by Gasteiger charge is 2.18. The normalized spacial score (nSPS) is 11.9. The minimum atomic E-state index is -3.73. The lowest BCUT2D eigenvalue weighted by molar-refractivity contribution is -0.116. The molecule has 2 aromatic carbocycles. The average molecular weight is 475 g/mol. The minimum Gasteiger partial charge on any atom is -0.325 e. The highest BCUT2D eigenvalue weighted by atomic mass is 32.2. The Kier molecular flexibility index (Phi) is 9.16. The van der Waals surface area contributed by atoms with Gasteiger partial charge in [-0.3, -0.25) is 9.59 Å². The van der Waals surface area contributed by atoms with Crippen molar-refractivity contribution in [1.82, 2.24) is 10.6 Å². The van der Waals surface area contributed by atoms with Crippen molar-refractivity contribution < 1.29 is 18.0 Å². The Morgan fingerprint density at radius 1 is 0.788 bits per heavy atom. The van der Waals surface area contributed by atoms with Gasteiger partial charge >= 0.3 is 0 Å². The number of rotatable bonds is 10. The summed E-state index contributed by atoms with van der Waals surface area (Å²) in [5.41, 5.74) is 0.851. The summed E-state index contributed by atoms with van der Waals surface area (Å²) in [6.07, 6.45) is 0. The van der Waals surface area contributed by atoms with Gasteiger partial charge in [0.05, 0.1) is 22.9 Å². The second-order valence-electron chi connectivity index (χ2n) is 9.28. The topological polar surface area (TPSA) is 116 Å². The van der Waals surface area contributed by atoms with Crippen molar-refractivity contribution in [3.8, 4) is 0 Å². The van der Waals surface area contributed by atoms with E-state index in [0.717, 1.165) is 6.54 Å². The van der Waals surface area contributed by atoms with E-state index in [1.807, 2.05) is 20.8 Å². The van der Waals surface area contributed by atoms with E-state index in [0.29, 0.717) is 17.3 Å². The van der Waals surface area contributed by atoms with Crippen LogP contribution in [0.5, 0.6) is 0 Å². The Labute approximate surface area is 196 Å². The molecule has 2 aromatic rings. The first-order valence-corrected chi connectivity index (χ1v) is 12.4. The van der Waals surface area contributed by atoms with Crippen LogP contribution in [-0.4, -0.2) is 45.4 Å². The Hall–Kier alpha value is -2.75. The highest BCUT2D eigenvalue weighted by molar-refractivity contribution is 7.91. The fourth-order valence-corrected chi connectivity index (χ4v) is 4.06. The molecule has 4 N–H and O–H groups in total.